The third kappa shape index (κ3) is 2.71. The van der Waals surface area contributed by atoms with E-state index in [1.54, 1.807) is 13.8 Å². The van der Waals surface area contributed by atoms with E-state index in [1.807, 2.05) is 13.8 Å². The number of aliphatic hydroxyl groups is 1. The lowest BCUT2D eigenvalue weighted by Crippen LogP contribution is -2.26. The van der Waals surface area contributed by atoms with E-state index in [-0.39, 0.29) is 23.9 Å². The molecule has 0 bridgehead atoms. The standard InChI is InChI=1S/C11H20O3/c1-5-7(2)10(12)14-9-6-8(9)11(3,4)13/h7-9,13H,5-6H2,1-4H3. The van der Waals surface area contributed by atoms with Crippen LogP contribution in [0.3, 0.4) is 0 Å². The molecule has 3 unspecified atom stereocenters. The maximum Gasteiger partial charge on any atom is 0.308 e. The number of ether oxygens (including phenoxy) is 1. The Morgan fingerprint density at radius 3 is 2.57 bits per heavy atom. The van der Waals surface area contributed by atoms with E-state index in [4.69, 9.17) is 4.74 Å². The Morgan fingerprint density at radius 1 is 1.64 bits per heavy atom. The highest BCUT2D eigenvalue weighted by Gasteiger charge is 2.49. The largest absolute Gasteiger partial charge is 0.462 e. The van der Waals surface area contributed by atoms with Crippen molar-refractivity contribution in [2.75, 3.05) is 0 Å². The second kappa shape index (κ2) is 3.89. The number of hydrogen-bond donors (Lipinski definition) is 1. The molecule has 14 heavy (non-hydrogen) atoms. The van der Waals surface area contributed by atoms with Gasteiger partial charge >= 0.3 is 5.97 Å². The van der Waals surface area contributed by atoms with E-state index >= 15 is 0 Å². The van der Waals surface area contributed by atoms with Crippen LogP contribution in [0.5, 0.6) is 0 Å². The van der Waals surface area contributed by atoms with Crippen molar-refractivity contribution in [1.82, 2.24) is 0 Å². The van der Waals surface area contributed by atoms with E-state index < -0.39 is 5.60 Å². The number of hydrogen-bond acceptors (Lipinski definition) is 3. The van der Waals surface area contributed by atoms with Crippen molar-refractivity contribution < 1.29 is 14.6 Å². The van der Waals surface area contributed by atoms with Gasteiger partial charge in [-0.15, -0.1) is 0 Å². The molecular weight excluding hydrogens is 180 g/mol. The third-order valence-corrected chi connectivity index (χ3v) is 2.92. The van der Waals surface area contributed by atoms with Gasteiger partial charge in [-0.3, -0.25) is 4.79 Å². The number of carbonyl (C=O) groups is 1. The van der Waals surface area contributed by atoms with Crippen LogP contribution in [0.1, 0.15) is 40.5 Å². The average molecular weight is 200 g/mol. The van der Waals surface area contributed by atoms with Crippen LogP contribution in [0, 0.1) is 11.8 Å². The molecule has 1 rings (SSSR count). The van der Waals surface area contributed by atoms with Gasteiger partial charge in [-0.1, -0.05) is 13.8 Å². The van der Waals surface area contributed by atoms with Gasteiger partial charge in [0.2, 0.25) is 0 Å². The summed E-state index contributed by atoms with van der Waals surface area (Å²) in [6.07, 6.45) is 1.54. The monoisotopic (exact) mass is 200 g/mol. The SMILES string of the molecule is CCC(C)C(=O)OC1CC1C(C)(C)O. The summed E-state index contributed by atoms with van der Waals surface area (Å²) in [7, 11) is 0. The summed E-state index contributed by atoms with van der Waals surface area (Å²) in [5.74, 6) is -0.0437. The van der Waals surface area contributed by atoms with E-state index in [0.717, 1.165) is 12.8 Å². The zero-order chi connectivity index (χ0) is 10.9. The molecule has 0 saturated heterocycles. The van der Waals surface area contributed by atoms with Crippen LogP contribution in [-0.2, 0) is 9.53 Å². The van der Waals surface area contributed by atoms with Crippen LogP contribution in [-0.4, -0.2) is 22.8 Å². The van der Waals surface area contributed by atoms with Gasteiger partial charge in [-0.05, 0) is 26.7 Å². The second-order valence-corrected chi connectivity index (χ2v) is 4.78. The molecule has 1 N–H and O–H groups in total. The first-order valence-corrected chi connectivity index (χ1v) is 5.29. The summed E-state index contributed by atoms with van der Waals surface area (Å²) in [5, 5.41) is 9.65. The predicted octanol–water partition coefficient (Wildman–Crippen LogP) is 1.74. The lowest BCUT2D eigenvalue weighted by atomic mass is 10.0. The van der Waals surface area contributed by atoms with Gasteiger partial charge in [0, 0.05) is 5.92 Å². The smallest absolute Gasteiger partial charge is 0.308 e. The molecule has 0 amide bonds. The first-order chi connectivity index (χ1) is 6.36. The van der Waals surface area contributed by atoms with Crippen molar-refractivity contribution in [1.29, 1.82) is 0 Å². The minimum absolute atomic E-state index is 0.0296. The molecule has 0 aliphatic heterocycles. The van der Waals surface area contributed by atoms with E-state index in [9.17, 15) is 9.90 Å². The third-order valence-electron chi connectivity index (χ3n) is 2.92. The molecule has 0 aromatic heterocycles. The topological polar surface area (TPSA) is 46.5 Å². The average Bonchev–Trinajstić information content (AvgIpc) is 2.81. The molecule has 0 spiro atoms. The molecular formula is C11H20O3. The highest BCUT2D eigenvalue weighted by atomic mass is 16.6. The van der Waals surface area contributed by atoms with Crippen molar-refractivity contribution in [3.8, 4) is 0 Å². The predicted molar refractivity (Wildman–Crippen MR) is 53.7 cm³/mol. The Bertz CT molecular complexity index is 217. The molecule has 0 aromatic rings. The van der Waals surface area contributed by atoms with Crippen LogP contribution in [0.15, 0.2) is 0 Å². The van der Waals surface area contributed by atoms with Crippen LogP contribution < -0.4 is 0 Å². The van der Waals surface area contributed by atoms with Crippen LogP contribution in [0.25, 0.3) is 0 Å². The maximum atomic E-state index is 11.4. The Labute approximate surface area is 85.5 Å². The highest BCUT2D eigenvalue weighted by Crippen LogP contribution is 2.42. The first-order valence-electron chi connectivity index (χ1n) is 5.29. The molecule has 1 aliphatic rings. The summed E-state index contributed by atoms with van der Waals surface area (Å²) >= 11 is 0. The molecule has 3 nitrogen and oxygen atoms in total. The highest BCUT2D eigenvalue weighted by molar-refractivity contribution is 5.72. The van der Waals surface area contributed by atoms with Crippen LogP contribution in [0.4, 0.5) is 0 Å². The van der Waals surface area contributed by atoms with E-state index in [2.05, 4.69) is 0 Å². The van der Waals surface area contributed by atoms with Gasteiger partial charge in [0.1, 0.15) is 6.10 Å². The van der Waals surface area contributed by atoms with Gasteiger partial charge in [0.15, 0.2) is 0 Å². The summed E-state index contributed by atoms with van der Waals surface area (Å²) in [6.45, 7) is 7.35. The van der Waals surface area contributed by atoms with Crippen molar-refractivity contribution >= 4 is 5.97 Å². The molecule has 0 heterocycles. The van der Waals surface area contributed by atoms with Gasteiger partial charge in [0.25, 0.3) is 0 Å². The van der Waals surface area contributed by atoms with Crippen molar-refractivity contribution in [3.05, 3.63) is 0 Å². The Hall–Kier alpha value is -0.570. The van der Waals surface area contributed by atoms with Crippen LogP contribution in [0.2, 0.25) is 0 Å². The Kier molecular flexibility index (Phi) is 3.20. The molecule has 3 heteroatoms. The molecule has 82 valence electrons. The van der Waals surface area contributed by atoms with Crippen LogP contribution >= 0.6 is 0 Å². The van der Waals surface area contributed by atoms with Crippen molar-refractivity contribution in [2.24, 2.45) is 11.8 Å². The van der Waals surface area contributed by atoms with Crippen molar-refractivity contribution in [2.45, 2.75) is 52.2 Å². The fourth-order valence-electron chi connectivity index (χ4n) is 1.48. The summed E-state index contributed by atoms with van der Waals surface area (Å²) < 4.78 is 5.25. The molecule has 1 saturated carbocycles. The van der Waals surface area contributed by atoms with Gasteiger partial charge in [-0.2, -0.15) is 0 Å². The lowest BCUT2D eigenvalue weighted by Gasteiger charge is -2.17. The first kappa shape index (κ1) is 11.5. The second-order valence-electron chi connectivity index (χ2n) is 4.78. The normalized spacial score (nSPS) is 28.4. The number of carbonyl (C=O) groups excluding carboxylic acids is 1. The number of esters is 1. The van der Waals surface area contributed by atoms with Gasteiger partial charge in [0.05, 0.1) is 11.5 Å². The van der Waals surface area contributed by atoms with E-state index in [0.29, 0.717) is 0 Å². The van der Waals surface area contributed by atoms with Crippen molar-refractivity contribution in [3.63, 3.8) is 0 Å². The quantitative estimate of drug-likeness (QED) is 0.703. The zero-order valence-electron chi connectivity index (χ0n) is 9.41. The molecule has 0 radical (unpaired) electrons. The fraction of sp³-hybridized carbons (Fsp3) is 0.909. The molecule has 1 fully saturated rings. The summed E-state index contributed by atoms with van der Waals surface area (Å²) in [6, 6.07) is 0. The Balaban J connectivity index is 2.33. The van der Waals surface area contributed by atoms with E-state index in [1.165, 1.54) is 0 Å². The zero-order valence-corrected chi connectivity index (χ0v) is 9.41. The fourth-order valence-corrected chi connectivity index (χ4v) is 1.48. The number of rotatable bonds is 4. The minimum Gasteiger partial charge on any atom is -0.462 e. The summed E-state index contributed by atoms with van der Waals surface area (Å²) in [5.41, 5.74) is -0.722. The summed E-state index contributed by atoms with van der Waals surface area (Å²) in [4.78, 5) is 11.4. The minimum atomic E-state index is -0.722. The lowest BCUT2D eigenvalue weighted by molar-refractivity contribution is -0.150. The molecule has 3 atom stereocenters. The van der Waals surface area contributed by atoms with Gasteiger partial charge in [-0.25, -0.2) is 0 Å². The maximum absolute atomic E-state index is 11.4. The molecule has 1 aliphatic carbocycles. The van der Waals surface area contributed by atoms with Gasteiger partial charge < -0.3 is 9.84 Å². The molecule has 0 aromatic carbocycles. The Morgan fingerprint density at radius 2 is 2.21 bits per heavy atom.